The maximum atomic E-state index is 13.5. The molecule has 0 radical (unpaired) electrons. The van der Waals surface area contributed by atoms with Crippen LogP contribution in [-0.2, 0) is 14.3 Å². The Labute approximate surface area is 229 Å². The number of carbonyl (C=O) groups is 2. The van der Waals surface area contributed by atoms with Gasteiger partial charge in [-0.2, -0.15) is 0 Å². The lowest BCUT2D eigenvalue weighted by Gasteiger charge is -2.40. The van der Waals surface area contributed by atoms with Crippen molar-refractivity contribution in [1.82, 2.24) is 14.7 Å². The highest BCUT2D eigenvalue weighted by molar-refractivity contribution is 8.16. The number of hydrogen-bond acceptors (Lipinski definition) is 8. The van der Waals surface area contributed by atoms with E-state index in [1.807, 2.05) is 46.4 Å². The molecule has 5 rings (SSSR count). The van der Waals surface area contributed by atoms with Crippen molar-refractivity contribution in [2.45, 2.75) is 64.0 Å². The summed E-state index contributed by atoms with van der Waals surface area (Å²) in [4.78, 5) is 38.1. The van der Waals surface area contributed by atoms with Crippen LogP contribution >= 0.6 is 11.8 Å². The molecule has 0 aliphatic carbocycles. The normalized spacial score (nSPS) is 22.7. The van der Waals surface area contributed by atoms with Gasteiger partial charge in [-0.15, -0.1) is 0 Å². The molecule has 1 aromatic rings. The molecule has 2 saturated heterocycles. The molecule has 1 aromatic carbocycles. The minimum Gasteiger partial charge on any atom is -0.497 e. The zero-order valence-corrected chi connectivity index (χ0v) is 23.5. The minimum absolute atomic E-state index is 0.129. The van der Waals surface area contributed by atoms with Gasteiger partial charge in [0.2, 0.25) is 5.91 Å². The number of piperidine rings is 2. The second kappa shape index (κ2) is 11.9. The van der Waals surface area contributed by atoms with Gasteiger partial charge in [0.05, 0.1) is 38.0 Å². The third kappa shape index (κ3) is 5.36. The monoisotopic (exact) mass is 538 g/mol. The largest absolute Gasteiger partial charge is 0.497 e. The lowest BCUT2D eigenvalue weighted by molar-refractivity contribution is -0.136. The van der Waals surface area contributed by atoms with Gasteiger partial charge in [-0.25, -0.2) is 9.79 Å². The summed E-state index contributed by atoms with van der Waals surface area (Å²) in [7, 11) is 3.03. The number of aliphatic imine (C=N–C) groups is 1. The molecule has 2 fully saturated rings. The van der Waals surface area contributed by atoms with E-state index in [1.54, 1.807) is 7.11 Å². The Morgan fingerprint density at radius 2 is 1.84 bits per heavy atom. The number of ether oxygens (including phenoxy) is 2. The average Bonchev–Trinajstić information content (AvgIpc) is 3.38. The molecule has 4 aliphatic rings. The van der Waals surface area contributed by atoms with Gasteiger partial charge in [0.15, 0.2) is 5.17 Å². The van der Waals surface area contributed by atoms with Crippen LogP contribution in [0, 0.1) is 0 Å². The van der Waals surface area contributed by atoms with E-state index in [0.717, 1.165) is 42.4 Å². The van der Waals surface area contributed by atoms with E-state index in [-0.39, 0.29) is 12.3 Å². The zero-order chi connectivity index (χ0) is 26.6. The van der Waals surface area contributed by atoms with Crippen molar-refractivity contribution < 1.29 is 19.1 Å². The summed E-state index contributed by atoms with van der Waals surface area (Å²) in [5.74, 6) is 0.433. The number of likely N-dealkylation sites (tertiary alicyclic amines) is 2. The fourth-order valence-corrected chi connectivity index (χ4v) is 7.01. The number of amidine groups is 1. The van der Waals surface area contributed by atoms with Crippen molar-refractivity contribution in [2.75, 3.05) is 40.4 Å². The van der Waals surface area contributed by atoms with E-state index < -0.39 is 12.0 Å². The fourth-order valence-electron chi connectivity index (χ4n) is 6.07. The van der Waals surface area contributed by atoms with Gasteiger partial charge in [0, 0.05) is 24.8 Å². The van der Waals surface area contributed by atoms with Crippen LogP contribution in [0.3, 0.4) is 0 Å². The van der Waals surface area contributed by atoms with Crippen LogP contribution in [0.5, 0.6) is 5.75 Å². The molecule has 204 valence electrons. The zero-order valence-electron chi connectivity index (χ0n) is 22.6. The second-order valence-electron chi connectivity index (χ2n) is 10.3. The first kappa shape index (κ1) is 26.8. The van der Waals surface area contributed by atoms with Gasteiger partial charge in [-0.05, 0) is 68.3 Å². The van der Waals surface area contributed by atoms with Crippen LogP contribution in [0.4, 0.5) is 0 Å². The first-order valence-electron chi connectivity index (χ1n) is 13.7. The first-order chi connectivity index (χ1) is 18.5. The van der Waals surface area contributed by atoms with Gasteiger partial charge in [-0.3, -0.25) is 4.79 Å². The molecule has 1 atom stereocenters. The Bertz CT molecular complexity index is 1150. The number of allylic oxidation sites excluding steroid dienone is 1. The summed E-state index contributed by atoms with van der Waals surface area (Å²) in [5.41, 5.74) is 2.98. The summed E-state index contributed by atoms with van der Waals surface area (Å²) in [6.45, 7) is 5.98. The Kier molecular flexibility index (Phi) is 8.43. The number of thioether (sulfide) groups is 1. The molecule has 38 heavy (non-hydrogen) atoms. The summed E-state index contributed by atoms with van der Waals surface area (Å²) in [6, 6.07) is 7.89. The van der Waals surface area contributed by atoms with Crippen molar-refractivity contribution in [3.05, 3.63) is 52.2 Å². The number of methoxy groups -OCH3 is 2. The van der Waals surface area contributed by atoms with E-state index in [9.17, 15) is 9.59 Å². The fraction of sp³-hybridized carbons (Fsp3) is 0.552. The molecule has 4 aliphatic heterocycles. The third-order valence-corrected chi connectivity index (χ3v) is 8.98. The van der Waals surface area contributed by atoms with Crippen molar-refractivity contribution in [3.63, 3.8) is 0 Å². The molecule has 4 heterocycles. The molecule has 0 bridgehead atoms. The summed E-state index contributed by atoms with van der Waals surface area (Å²) in [6.07, 6.45) is 6.88. The van der Waals surface area contributed by atoms with Crippen LogP contribution in [-0.4, -0.2) is 78.2 Å². The van der Waals surface area contributed by atoms with E-state index in [1.165, 1.54) is 51.2 Å². The number of carbonyl (C=O) groups excluding carboxylic acids is 2. The summed E-state index contributed by atoms with van der Waals surface area (Å²) < 4.78 is 10.7. The SMILES string of the molecule is CCC1=C(C(=O)OC)C(c2cccc(OC)c2)N2C(CC(=O)N3CCC(N4CCCCC4)CC3)=CSC2=N1. The van der Waals surface area contributed by atoms with E-state index >= 15 is 0 Å². The quantitative estimate of drug-likeness (QED) is 0.466. The van der Waals surface area contributed by atoms with Gasteiger partial charge in [0.1, 0.15) is 5.75 Å². The maximum absolute atomic E-state index is 13.5. The molecule has 0 N–H and O–H groups in total. The van der Waals surface area contributed by atoms with Crippen LogP contribution in [0.2, 0.25) is 0 Å². The van der Waals surface area contributed by atoms with Crippen LogP contribution < -0.4 is 4.74 Å². The molecule has 9 heteroatoms. The minimum atomic E-state index is -0.445. The summed E-state index contributed by atoms with van der Waals surface area (Å²) >= 11 is 1.51. The number of esters is 1. The van der Waals surface area contributed by atoms with E-state index in [4.69, 9.17) is 14.5 Å². The molecule has 8 nitrogen and oxygen atoms in total. The highest BCUT2D eigenvalue weighted by Crippen LogP contribution is 2.46. The van der Waals surface area contributed by atoms with Crippen LogP contribution in [0.15, 0.2) is 51.6 Å². The number of rotatable bonds is 7. The first-order valence-corrected chi connectivity index (χ1v) is 14.6. The van der Waals surface area contributed by atoms with Crippen molar-refractivity contribution >= 4 is 28.8 Å². The molecule has 0 saturated carbocycles. The van der Waals surface area contributed by atoms with E-state index in [0.29, 0.717) is 29.5 Å². The number of benzene rings is 1. The Morgan fingerprint density at radius 1 is 1.08 bits per heavy atom. The average molecular weight is 539 g/mol. The van der Waals surface area contributed by atoms with E-state index in [2.05, 4.69) is 4.90 Å². The molecular weight excluding hydrogens is 500 g/mol. The molecular formula is C29H38N4O4S. The number of amides is 1. The molecule has 1 amide bonds. The summed E-state index contributed by atoms with van der Waals surface area (Å²) in [5, 5.41) is 2.80. The third-order valence-electron chi connectivity index (χ3n) is 8.10. The molecule has 0 spiro atoms. The van der Waals surface area contributed by atoms with Crippen molar-refractivity contribution in [1.29, 1.82) is 0 Å². The number of hydrogen-bond donors (Lipinski definition) is 0. The predicted molar refractivity (Wildman–Crippen MR) is 150 cm³/mol. The number of fused-ring (bicyclic) bond motifs is 1. The van der Waals surface area contributed by atoms with Crippen molar-refractivity contribution in [3.8, 4) is 5.75 Å². The van der Waals surface area contributed by atoms with Crippen LogP contribution in [0.1, 0.15) is 63.5 Å². The van der Waals surface area contributed by atoms with Gasteiger partial charge in [0.25, 0.3) is 0 Å². The second-order valence-corrected chi connectivity index (χ2v) is 11.1. The Balaban J connectivity index is 1.36. The van der Waals surface area contributed by atoms with Crippen molar-refractivity contribution in [2.24, 2.45) is 4.99 Å². The molecule has 1 unspecified atom stereocenters. The molecule has 0 aromatic heterocycles. The van der Waals surface area contributed by atoms with Crippen LogP contribution in [0.25, 0.3) is 0 Å². The lowest BCUT2D eigenvalue weighted by Crippen LogP contribution is -2.48. The predicted octanol–water partition coefficient (Wildman–Crippen LogP) is 4.70. The Hall–Kier alpha value is -2.78. The highest BCUT2D eigenvalue weighted by atomic mass is 32.2. The standard InChI is InChI=1S/C29H38N4O4S/c1-4-24-26(28(35)37-3)27(20-9-8-10-23(17-20)36-2)33-22(19-38-29(33)30-24)18-25(34)32-15-11-21(12-16-32)31-13-6-5-7-14-31/h8-10,17,19,21,27H,4-7,11-16,18H2,1-3H3. The number of nitrogens with zero attached hydrogens (tertiary/aromatic N) is 4. The highest BCUT2D eigenvalue weighted by Gasteiger charge is 2.42. The van der Waals surface area contributed by atoms with Gasteiger partial charge >= 0.3 is 5.97 Å². The van der Waals surface area contributed by atoms with Gasteiger partial charge < -0.3 is 24.2 Å². The van der Waals surface area contributed by atoms with Gasteiger partial charge in [-0.1, -0.05) is 37.2 Å². The topological polar surface area (TPSA) is 74.7 Å². The maximum Gasteiger partial charge on any atom is 0.338 e. The Morgan fingerprint density at radius 3 is 2.53 bits per heavy atom. The smallest absolute Gasteiger partial charge is 0.338 e. The lowest BCUT2D eigenvalue weighted by atomic mass is 9.92.